The van der Waals surface area contributed by atoms with E-state index in [4.69, 9.17) is 20.9 Å². The van der Waals surface area contributed by atoms with Crippen molar-refractivity contribution in [2.45, 2.75) is 207 Å². The lowest BCUT2D eigenvalue weighted by atomic mass is 9.71. The number of rotatable bonds is 47. The molecule has 448 valence electrons. The molecule has 12 N–H and O–H groups in total. The standard InChI is InChI=1S/C55H93N9O15/c1-8-9-10-11-12-13-14-15-16-20-46(69)62-41(52(76)77)22-24-47(70)63-40(51(74)75)21-23-45(68)60-26-27-78-28-29-79-35-48(71)59-25-18-17-19-37(49(57)72)30-42(65)53(2,3)32-43(66)54(4,5)33-44(67)55(6,7)64-50(73)39(56)31-38-34-58-36-61-38/h34,36-37,39-41H,8-33,35,56H2,1-7H3,(H2,57,72)(H,58,61)(H,59,71)(H,60,68)(H,62,69)(H,63,70)(H,64,73)(H,74,75)(H,76,77)/t37-,39+,40+,41+/m1/s1. The largest absolute Gasteiger partial charge is 0.480 e. The molecule has 0 spiro atoms. The van der Waals surface area contributed by atoms with E-state index in [-0.39, 0.29) is 115 Å². The second-order valence-electron chi connectivity index (χ2n) is 22.1. The molecule has 24 heteroatoms. The first-order valence-electron chi connectivity index (χ1n) is 27.8. The van der Waals surface area contributed by atoms with Crippen molar-refractivity contribution in [1.82, 2.24) is 36.6 Å². The summed E-state index contributed by atoms with van der Waals surface area (Å²) in [7, 11) is 0. The number of H-pyrrole nitrogens is 1. The normalized spacial score (nSPS) is 13.3. The van der Waals surface area contributed by atoms with Gasteiger partial charge in [-0.05, 0) is 46.0 Å². The van der Waals surface area contributed by atoms with Gasteiger partial charge < -0.3 is 62.7 Å². The molecule has 0 radical (unpaired) electrons. The zero-order valence-corrected chi connectivity index (χ0v) is 47.9. The van der Waals surface area contributed by atoms with Crippen molar-refractivity contribution in [2.75, 3.05) is 39.5 Å². The van der Waals surface area contributed by atoms with Crippen molar-refractivity contribution in [3.8, 4) is 0 Å². The Balaban J connectivity index is 2.32. The van der Waals surface area contributed by atoms with E-state index >= 15 is 0 Å². The van der Waals surface area contributed by atoms with E-state index in [0.29, 0.717) is 25.0 Å². The maximum Gasteiger partial charge on any atom is 0.326 e. The quantitative estimate of drug-likeness (QED) is 0.0419. The van der Waals surface area contributed by atoms with Gasteiger partial charge in [0.2, 0.25) is 35.4 Å². The summed E-state index contributed by atoms with van der Waals surface area (Å²) < 4.78 is 10.7. The van der Waals surface area contributed by atoms with Gasteiger partial charge in [-0.2, -0.15) is 0 Å². The van der Waals surface area contributed by atoms with Gasteiger partial charge in [-0.1, -0.05) is 92.4 Å². The lowest BCUT2D eigenvalue weighted by molar-refractivity contribution is -0.143. The molecule has 1 aromatic heterocycles. The molecule has 0 aliphatic carbocycles. The number of carboxylic acids is 2. The second kappa shape index (κ2) is 37.7. The Hall–Kier alpha value is -6.14. The van der Waals surface area contributed by atoms with Crippen LogP contribution >= 0.6 is 0 Å². The third-order valence-electron chi connectivity index (χ3n) is 13.6. The highest BCUT2D eigenvalue weighted by Crippen LogP contribution is 2.34. The number of nitrogens with one attached hydrogen (secondary N) is 6. The molecule has 79 heavy (non-hydrogen) atoms. The van der Waals surface area contributed by atoms with Crippen molar-refractivity contribution < 1.29 is 72.4 Å². The van der Waals surface area contributed by atoms with E-state index in [9.17, 15) is 63.0 Å². The number of ether oxygens (including phenoxy) is 2. The molecule has 1 aromatic rings. The van der Waals surface area contributed by atoms with Gasteiger partial charge in [-0.25, -0.2) is 14.6 Å². The fourth-order valence-corrected chi connectivity index (χ4v) is 8.23. The first-order valence-corrected chi connectivity index (χ1v) is 27.8. The number of nitrogens with zero attached hydrogens (tertiary/aromatic N) is 1. The number of nitrogens with two attached hydrogens (primary N) is 2. The molecule has 0 saturated heterocycles. The van der Waals surface area contributed by atoms with Crippen LogP contribution in [-0.2, 0) is 68.6 Å². The number of hydrogen-bond acceptors (Lipinski definition) is 15. The van der Waals surface area contributed by atoms with Crippen molar-refractivity contribution in [2.24, 2.45) is 28.2 Å². The number of aromatic amines is 1. The summed E-state index contributed by atoms with van der Waals surface area (Å²) in [5.41, 5.74) is 8.64. The van der Waals surface area contributed by atoms with Gasteiger partial charge >= 0.3 is 11.9 Å². The molecular weight excluding hydrogens is 1030 g/mol. The number of carbonyl (C=O) groups excluding carboxylic acids is 9. The summed E-state index contributed by atoms with van der Waals surface area (Å²) in [6.45, 7) is 12.0. The van der Waals surface area contributed by atoms with Crippen LogP contribution in [-0.4, -0.2) is 148 Å². The van der Waals surface area contributed by atoms with Gasteiger partial charge in [0.1, 0.15) is 30.3 Å². The first-order chi connectivity index (χ1) is 37.1. The molecule has 0 aliphatic rings. The number of aromatic nitrogens is 2. The molecule has 0 aliphatic heterocycles. The fraction of sp³-hybridized carbons (Fsp3) is 0.745. The Morgan fingerprint density at radius 3 is 1.72 bits per heavy atom. The molecule has 1 rings (SSSR count). The summed E-state index contributed by atoms with van der Waals surface area (Å²) in [4.78, 5) is 145. The van der Waals surface area contributed by atoms with Crippen molar-refractivity contribution in [3.05, 3.63) is 18.2 Å². The van der Waals surface area contributed by atoms with E-state index in [0.717, 1.165) is 25.7 Å². The van der Waals surface area contributed by atoms with Crippen LogP contribution in [0.5, 0.6) is 0 Å². The number of unbranched alkanes of at least 4 members (excludes halogenated alkanes) is 9. The lowest BCUT2D eigenvalue weighted by Crippen LogP contribution is -2.56. The first kappa shape index (κ1) is 70.9. The summed E-state index contributed by atoms with van der Waals surface area (Å²) in [5, 5.41) is 31.9. The van der Waals surface area contributed by atoms with E-state index in [2.05, 4.69) is 43.5 Å². The highest BCUT2D eigenvalue weighted by atomic mass is 16.5. The van der Waals surface area contributed by atoms with Gasteiger partial charge in [0.25, 0.3) is 0 Å². The third kappa shape index (κ3) is 31.3. The fourth-order valence-electron chi connectivity index (χ4n) is 8.23. The summed E-state index contributed by atoms with van der Waals surface area (Å²) in [6, 6.07) is -3.67. The molecule has 0 fully saturated rings. The predicted octanol–water partition coefficient (Wildman–Crippen LogP) is 3.26. The molecule has 24 nitrogen and oxygen atoms in total. The van der Waals surface area contributed by atoms with Crippen LogP contribution in [0.3, 0.4) is 0 Å². The number of amides is 6. The van der Waals surface area contributed by atoms with Crippen LogP contribution in [0.25, 0.3) is 0 Å². The van der Waals surface area contributed by atoms with Gasteiger partial charge in [0.05, 0.1) is 37.7 Å². The van der Waals surface area contributed by atoms with Crippen molar-refractivity contribution in [3.63, 3.8) is 0 Å². The number of hydrogen-bond donors (Lipinski definition) is 10. The van der Waals surface area contributed by atoms with Gasteiger partial charge in [-0.15, -0.1) is 0 Å². The topological polar surface area (TPSA) is 388 Å². The minimum atomic E-state index is -1.41. The van der Waals surface area contributed by atoms with Crippen LogP contribution in [0, 0.1) is 16.7 Å². The second-order valence-corrected chi connectivity index (χ2v) is 22.1. The highest BCUT2D eigenvalue weighted by molar-refractivity contribution is 5.99. The molecular formula is C55H93N9O15. The molecule has 0 aromatic carbocycles. The molecule has 0 saturated carbocycles. The van der Waals surface area contributed by atoms with Gasteiger partial charge in [0, 0.05) is 86.7 Å². The van der Waals surface area contributed by atoms with Crippen molar-refractivity contribution in [1.29, 1.82) is 0 Å². The summed E-state index contributed by atoms with van der Waals surface area (Å²) >= 11 is 0. The number of primary amides is 1. The van der Waals surface area contributed by atoms with Crippen LogP contribution in [0.15, 0.2) is 12.5 Å². The molecule has 1 heterocycles. The Kier molecular flexibility index (Phi) is 33.8. The predicted molar refractivity (Wildman–Crippen MR) is 293 cm³/mol. The van der Waals surface area contributed by atoms with Gasteiger partial charge in [0.15, 0.2) is 5.78 Å². The van der Waals surface area contributed by atoms with E-state index < -0.39 is 93.6 Å². The average Bonchev–Trinajstić information content (AvgIpc) is 3.88. The SMILES string of the molecule is CCCCCCCCCCCC(=O)N[C@@H](CCC(=O)N[C@@H](CCC(=O)NCCOCCOCC(=O)NCCCC[C@H](CC(=O)C(C)(C)CC(=O)C(C)(C)CC(=O)C(C)(C)NC(=O)[C@@H](N)Cc1cnc[nH]1)C(N)=O)C(=O)O)C(=O)O. The highest BCUT2D eigenvalue weighted by Gasteiger charge is 2.41. The zero-order chi connectivity index (χ0) is 59.6. The number of ketones is 3. The Bertz CT molecular complexity index is 2110. The number of aliphatic carboxylic acids is 2. The number of carboxylic acid groups (broad SMARTS) is 2. The molecule has 0 unspecified atom stereocenters. The van der Waals surface area contributed by atoms with Crippen molar-refractivity contribution >= 4 is 64.7 Å². The monoisotopic (exact) mass is 1120 g/mol. The number of carbonyl (C=O) groups is 11. The number of Topliss-reactive ketones (excluding diaryl/α,β-unsaturated/α-hetero) is 3. The minimum absolute atomic E-state index is 0.0634. The van der Waals surface area contributed by atoms with Crippen LogP contribution in [0.4, 0.5) is 0 Å². The lowest BCUT2D eigenvalue weighted by Gasteiger charge is -2.33. The Morgan fingerprint density at radius 2 is 1.15 bits per heavy atom. The zero-order valence-electron chi connectivity index (χ0n) is 47.9. The smallest absolute Gasteiger partial charge is 0.326 e. The van der Waals surface area contributed by atoms with Crippen LogP contribution in [0.1, 0.15) is 183 Å². The Labute approximate surface area is 465 Å². The summed E-state index contributed by atoms with van der Waals surface area (Å²) in [6.07, 6.45) is 12.4. The molecule has 4 atom stereocenters. The van der Waals surface area contributed by atoms with Crippen LogP contribution < -0.4 is 38.1 Å². The van der Waals surface area contributed by atoms with Gasteiger partial charge in [-0.3, -0.25) is 43.2 Å². The minimum Gasteiger partial charge on any atom is -0.480 e. The third-order valence-corrected chi connectivity index (χ3v) is 13.6. The number of imidazole rings is 1. The van der Waals surface area contributed by atoms with Crippen LogP contribution in [0.2, 0.25) is 0 Å². The maximum absolute atomic E-state index is 13.6. The van der Waals surface area contributed by atoms with E-state index in [1.54, 1.807) is 33.9 Å². The molecule has 0 bridgehead atoms. The average molecular weight is 1120 g/mol. The molecule has 6 amide bonds. The van der Waals surface area contributed by atoms with E-state index in [1.807, 2.05) is 0 Å². The summed E-state index contributed by atoms with van der Waals surface area (Å²) in [5.74, 6) is -7.85. The van der Waals surface area contributed by atoms with E-state index in [1.165, 1.54) is 45.9 Å². The maximum atomic E-state index is 13.6. The Morgan fingerprint density at radius 1 is 0.620 bits per heavy atom.